The van der Waals surface area contributed by atoms with Crippen molar-refractivity contribution in [2.75, 3.05) is 13.2 Å². The molecule has 0 aliphatic heterocycles. The average Bonchev–Trinajstić information content (AvgIpc) is 2.31. The lowest BCUT2D eigenvalue weighted by molar-refractivity contribution is -0.139. The number of carboxylic acids is 3. The Balaban J connectivity index is 4.57. The SMILES string of the molecule is O=C(O)CCNC(CO)(CCC(=O)O)CCC(=O)O. The first-order valence-corrected chi connectivity index (χ1v) is 5.82. The normalized spacial score (nSPS) is 11.2. The Morgan fingerprint density at radius 1 is 0.842 bits per heavy atom. The Morgan fingerprint density at radius 2 is 1.26 bits per heavy atom. The molecule has 0 fully saturated rings. The Hall–Kier alpha value is -1.67. The summed E-state index contributed by atoms with van der Waals surface area (Å²) in [7, 11) is 0. The van der Waals surface area contributed by atoms with Gasteiger partial charge in [-0.25, -0.2) is 0 Å². The number of hydrogen-bond donors (Lipinski definition) is 5. The number of hydrogen-bond acceptors (Lipinski definition) is 5. The van der Waals surface area contributed by atoms with E-state index in [1.54, 1.807) is 0 Å². The Bertz CT molecular complexity index is 311. The number of rotatable bonds is 11. The van der Waals surface area contributed by atoms with Crippen molar-refractivity contribution in [2.45, 2.75) is 37.6 Å². The second kappa shape index (κ2) is 8.44. The molecule has 19 heavy (non-hydrogen) atoms. The van der Waals surface area contributed by atoms with Gasteiger partial charge in [0.05, 0.1) is 13.0 Å². The number of aliphatic hydroxyl groups excluding tert-OH is 1. The van der Waals surface area contributed by atoms with Crippen LogP contribution in [-0.2, 0) is 14.4 Å². The summed E-state index contributed by atoms with van der Waals surface area (Å²) in [6.07, 6.45) is -0.597. The van der Waals surface area contributed by atoms with Crippen molar-refractivity contribution in [3.8, 4) is 0 Å². The topological polar surface area (TPSA) is 144 Å². The van der Waals surface area contributed by atoms with Gasteiger partial charge in [-0.15, -0.1) is 0 Å². The first kappa shape index (κ1) is 17.3. The molecule has 8 nitrogen and oxygen atoms in total. The molecule has 0 aliphatic rings. The molecule has 0 aromatic carbocycles. The highest BCUT2D eigenvalue weighted by molar-refractivity contribution is 5.68. The van der Waals surface area contributed by atoms with Crippen molar-refractivity contribution in [1.82, 2.24) is 5.32 Å². The van der Waals surface area contributed by atoms with Gasteiger partial charge in [0.1, 0.15) is 0 Å². The van der Waals surface area contributed by atoms with Crippen molar-refractivity contribution >= 4 is 17.9 Å². The number of carboxylic acid groups (broad SMARTS) is 3. The molecule has 0 atom stereocenters. The molecule has 8 heteroatoms. The van der Waals surface area contributed by atoms with E-state index < -0.39 is 30.1 Å². The highest BCUT2D eigenvalue weighted by Crippen LogP contribution is 2.19. The molecule has 110 valence electrons. The molecule has 0 aromatic rings. The fourth-order valence-corrected chi connectivity index (χ4v) is 1.64. The zero-order valence-corrected chi connectivity index (χ0v) is 10.5. The zero-order valence-electron chi connectivity index (χ0n) is 10.5. The van der Waals surface area contributed by atoms with E-state index in [1.807, 2.05) is 0 Å². The van der Waals surface area contributed by atoms with Crippen molar-refractivity contribution in [3.63, 3.8) is 0 Å². The minimum absolute atomic E-state index is 0.0335. The van der Waals surface area contributed by atoms with E-state index in [-0.39, 0.29) is 38.6 Å². The predicted octanol–water partition coefficient (Wildman–Crippen LogP) is -0.489. The summed E-state index contributed by atoms with van der Waals surface area (Å²) in [5, 5.41) is 38.0. The van der Waals surface area contributed by atoms with Crippen LogP contribution in [0.3, 0.4) is 0 Å². The highest BCUT2D eigenvalue weighted by atomic mass is 16.4. The van der Waals surface area contributed by atoms with Gasteiger partial charge in [0.2, 0.25) is 0 Å². The number of aliphatic carboxylic acids is 3. The molecular formula is C11H19NO7. The first-order valence-electron chi connectivity index (χ1n) is 5.82. The van der Waals surface area contributed by atoms with Crippen LogP contribution in [0.1, 0.15) is 32.1 Å². The second-order valence-corrected chi connectivity index (χ2v) is 4.30. The average molecular weight is 277 g/mol. The van der Waals surface area contributed by atoms with E-state index in [0.717, 1.165) is 0 Å². The summed E-state index contributed by atoms with van der Waals surface area (Å²) >= 11 is 0. The molecular weight excluding hydrogens is 258 g/mol. The van der Waals surface area contributed by atoms with Gasteiger partial charge in [0.25, 0.3) is 0 Å². The van der Waals surface area contributed by atoms with Gasteiger partial charge in [-0.1, -0.05) is 0 Å². The van der Waals surface area contributed by atoms with Gasteiger partial charge in [-0.05, 0) is 12.8 Å². The molecule has 0 heterocycles. The lowest BCUT2D eigenvalue weighted by Crippen LogP contribution is -2.50. The Morgan fingerprint density at radius 3 is 1.58 bits per heavy atom. The highest BCUT2D eigenvalue weighted by Gasteiger charge is 2.30. The van der Waals surface area contributed by atoms with Gasteiger partial charge in [0.15, 0.2) is 0 Å². The summed E-state index contributed by atoms with van der Waals surface area (Å²) in [5.74, 6) is -3.16. The second-order valence-electron chi connectivity index (χ2n) is 4.30. The third-order valence-corrected chi connectivity index (χ3v) is 2.78. The fraction of sp³-hybridized carbons (Fsp3) is 0.727. The first-order chi connectivity index (χ1) is 8.81. The molecule has 0 unspecified atom stereocenters. The smallest absolute Gasteiger partial charge is 0.304 e. The molecule has 0 spiro atoms. The van der Waals surface area contributed by atoms with E-state index in [1.165, 1.54) is 0 Å². The largest absolute Gasteiger partial charge is 0.481 e. The molecule has 0 amide bonds. The van der Waals surface area contributed by atoms with Crippen molar-refractivity contribution in [2.24, 2.45) is 0 Å². The lowest BCUT2D eigenvalue weighted by atomic mass is 9.88. The van der Waals surface area contributed by atoms with Gasteiger partial charge in [-0.2, -0.15) is 0 Å². The number of aliphatic hydroxyl groups is 1. The predicted molar refractivity (Wildman–Crippen MR) is 63.8 cm³/mol. The monoisotopic (exact) mass is 277 g/mol. The lowest BCUT2D eigenvalue weighted by Gasteiger charge is -2.32. The third-order valence-electron chi connectivity index (χ3n) is 2.78. The summed E-state index contributed by atoms with van der Waals surface area (Å²) in [6.45, 7) is -0.414. The molecule has 0 saturated carbocycles. The molecule has 0 radical (unpaired) electrons. The molecule has 0 saturated heterocycles. The van der Waals surface area contributed by atoms with E-state index in [4.69, 9.17) is 15.3 Å². The van der Waals surface area contributed by atoms with Crippen LogP contribution in [0.5, 0.6) is 0 Å². The van der Waals surface area contributed by atoms with Gasteiger partial charge in [-0.3, -0.25) is 14.4 Å². The van der Waals surface area contributed by atoms with Crippen LogP contribution in [-0.4, -0.2) is 57.0 Å². The molecule has 5 N–H and O–H groups in total. The van der Waals surface area contributed by atoms with E-state index >= 15 is 0 Å². The van der Waals surface area contributed by atoms with E-state index in [0.29, 0.717) is 0 Å². The van der Waals surface area contributed by atoms with Gasteiger partial charge in [0, 0.05) is 24.9 Å². The van der Waals surface area contributed by atoms with E-state index in [2.05, 4.69) is 5.32 Å². The van der Waals surface area contributed by atoms with Crippen molar-refractivity contribution in [3.05, 3.63) is 0 Å². The maximum absolute atomic E-state index is 10.6. The van der Waals surface area contributed by atoms with E-state index in [9.17, 15) is 19.5 Å². The quantitative estimate of drug-likeness (QED) is 0.340. The van der Waals surface area contributed by atoms with Crippen LogP contribution in [0.2, 0.25) is 0 Å². The molecule has 0 aromatic heterocycles. The number of nitrogens with one attached hydrogen (secondary N) is 1. The summed E-state index contributed by atoms with van der Waals surface area (Å²) in [6, 6.07) is 0. The minimum atomic E-state index is -1.08. The third kappa shape index (κ3) is 8.11. The van der Waals surface area contributed by atoms with Gasteiger partial charge < -0.3 is 25.7 Å². The number of carbonyl (C=O) groups is 3. The maximum Gasteiger partial charge on any atom is 0.304 e. The Kier molecular flexibility index (Phi) is 7.69. The zero-order chi connectivity index (χ0) is 14.9. The van der Waals surface area contributed by atoms with Crippen LogP contribution in [0.4, 0.5) is 0 Å². The summed E-state index contributed by atoms with van der Waals surface area (Å²) in [5.41, 5.74) is -1.08. The standard InChI is InChI=1S/C11H19NO7/c13-7-11(4-1-8(14)15,5-2-9(16)17)12-6-3-10(18)19/h12-13H,1-7H2,(H,14,15)(H,16,17)(H,18,19). The maximum atomic E-state index is 10.6. The van der Waals surface area contributed by atoms with Crippen LogP contribution >= 0.6 is 0 Å². The summed E-state index contributed by atoms with van der Waals surface area (Å²) < 4.78 is 0. The Labute approximate surface area is 110 Å². The molecule has 0 aliphatic carbocycles. The van der Waals surface area contributed by atoms with Crippen molar-refractivity contribution < 1.29 is 34.8 Å². The molecule has 0 rings (SSSR count). The van der Waals surface area contributed by atoms with Crippen LogP contribution < -0.4 is 5.32 Å². The van der Waals surface area contributed by atoms with Gasteiger partial charge >= 0.3 is 17.9 Å². The minimum Gasteiger partial charge on any atom is -0.481 e. The molecule has 0 bridgehead atoms. The fourth-order valence-electron chi connectivity index (χ4n) is 1.64. The van der Waals surface area contributed by atoms with Crippen molar-refractivity contribution in [1.29, 1.82) is 0 Å². The van der Waals surface area contributed by atoms with Crippen LogP contribution in [0.25, 0.3) is 0 Å². The summed E-state index contributed by atoms with van der Waals surface area (Å²) in [4.78, 5) is 31.5. The van der Waals surface area contributed by atoms with Crippen LogP contribution in [0.15, 0.2) is 0 Å². The van der Waals surface area contributed by atoms with Crippen LogP contribution in [0, 0.1) is 0 Å².